The highest BCUT2D eigenvalue weighted by atomic mass is 16.5. The van der Waals surface area contributed by atoms with Crippen LogP contribution in [0, 0.1) is 0 Å². The predicted octanol–water partition coefficient (Wildman–Crippen LogP) is 1.65. The molecule has 4 heteroatoms. The summed E-state index contributed by atoms with van der Waals surface area (Å²) in [5.41, 5.74) is 2.51. The molecule has 4 atom stereocenters. The number of aliphatic hydroxyl groups is 1. The Hall–Kier alpha value is -1.52. The smallest absolute Gasteiger partial charge is 0.166 e. The third-order valence-electron chi connectivity index (χ3n) is 6.55. The van der Waals surface area contributed by atoms with Gasteiger partial charge < -0.3 is 14.6 Å². The molecule has 0 unspecified atom stereocenters. The van der Waals surface area contributed by atoms with E-state index in [0.29, 0.717) is 0 Å². The fourth-order valence-corrected chi connectivity index (χ4v) is 5.60. The summed E-state index contributed by atoms with van der Waals surface area (Å²) in [4.78, 5) is 2.46. The van der Waals surface area contributed by atoms with E-state index in [4.69, 9.17) is 9.47 Å². The molecule has 0 radical (unpaired) electrons. The molecule has 4 aliphatic rings. The monoisotopic (exact) mass is 299 g/mol. The second kappa shape index (κ2) is 3.87. The van der Waals surface area contributed by atoms with Gasteiger partial charge in [-0.3, -0.25) is 4.90 Å². The van der Waals surface area contributed by atoms with Gasteiger partial charge in [0.05, 0.1) is 18.1 Å². The Morgan fingerprint density at radius 3 is 3.05 bits per heavy atom. The summed E-state index contributed by atoms with van der Waals surface area (Å²) >= 11 is 0. The zero-order valence-electron chi connectivity index (χ0n) is 13.0. The third kappa shape index (κ3) is 1.14. The van der Waals surface area contributed by atoms with Gasteiger partial charge in [-0.1, -0.05) is 18.2 Å². The molecule has 4 nitrogen and oxygen atoms in total. The zero-order chi connectivity index (χ0) is 15.1. The summed E-state index contributed by atoms with van der Waals surface area (Å²) in [5, 5.41) is 10.6. The first-order valence-corrected chi connectivity index (χ1v) is 8.10. The number of likely N-dealkylation sites (N-methyl/N-ethyl adjacent to an activating group) is 1. The minimum atomic E-state index is -0.553. The average Bonchev–Trinajstić information content (AvgIpc) is 3.05. The van der Waals surface area contributed by atoms with Crippen molar-refractivity contribution in [2.45, 2.75) is 42.4 Å². The summed E-state index contributed by atoms with van der Waals surface area (Å²) in [6.45, 7) is 1.03. The molecule has 1 saturated heterocycles. The van der Waals surface area contributed by atoms with Crippen LogP contribution < -0.4 is 9.47 Å². The number of hydrogen-bond acceptors (Lipinski definition) is 4. The first-order valence-electron chi connectivity index (χ1n) is 8.10. The Balaban J connectivity index is 1.87. The molecule has 2 aliphatic heterocycles. The van der Waals surface area contributed by atoms with Crippen LogP contribution in [0.2, 0.25) is 0 Å². The lowest BCUT2D eigenvalue weighted by molar-refractivity contribution is -0.0178. The number of ether oxygens (including phenoxy) is 2. The van der Waals surface area contributed by atoms with Crippen LogP contribution in [0.5, 0.6) is 11.5 Å². The maximum absolute atomic E-state index is 10.6. The molecule has 0 amide bonds. The van der Waals surface area contributed by atoms with Crippen LogP contribution in [0.3, 0.4) is 0 Å². The van der Waals surface area contributed by atoms with Gasteiger partial charge in [0.15, 0.2) is 11.5 Å². The highest BCUT2D eigenvalue weighted by molar-refractivity contribution is 5.64. The second-order valence-electron chi connectivity index (χ2n) is 7.09. The van der Waals surface area contributed by atoms with Crippen molar-refractivity contribution in [3.05, 3.63) is 35.4 Å². The van der Waals surface area contributed by atoms with Gasteiger partial charge in [0.1, 0.15) is 12.2 Å². The van der Waals surface area contributed by atoms with Gasteiger partial charge in [-0.15, -0.1) is 0 Å². The Bertz CT molecular complexity index is 700. The van der Waals surface area contributed by atoms with E-state index < -0.39 is 6.10 Å². The van der Waals surface area contributed by atoms with Crippen LogP contribution in [-0.2, 0) is 11.8 Å². The lowest BCUT2D eigenvalue weighted by Crippen LogP contribution is -2.64. The molecule has 0 saturated carbocycles. The molecule has 5 rings (SSSR count). The second-order valence-corrected chi connectivity index (χ2v) is 7.09. The quantitative estimate of drug-likeness (QED) is 0.801. The van der Waals surface area contributed by atoms with Crippen LogP contribution in [-0.4, -0.2) is 48.5 Å². The van der Waals surface area contributed by atoms with E-state index in [9.17, 15) is 5.11 Å². The largest absolute Gasteiger partial charge is 0.493 e. The molecule has 1 aromatic rings. The lowest BCUT2D eigenvalue weighted by Gasteiger charge is -2.53. The van der Waals surface area contributed by atoms with E-state index in [1.54, 1.807) is 7.11 Å². The molecule has 0 bridgehead atoms. The Labute approximate surface area is 130 Å². The summed E-state index contributed by atoms with van der Waals surface area (Å²) in [7, 11) is 3.89. The molecule has 0 aromatic heterocycles. The fourth-order valence-electron chi connectivity index (χ4n) is 5.60. The Kier molecular flexibility index (Phi) is 2.28. The van der Waals surface area contributed by atoms with Crippen molar-refractivity contribution in [3.63, 3.8) is 0 Å². The van der Waals surface area contributed by atoms with Crippen LogP contribution in [0.4, 0.5) is 0 Å². The molecule has 22 heavy (non-hydrogen) atoms. The summed E-state index contributed by atoms with van der Waals surface area (Å²) in [5.74, 6) is 1.66. The molecule has 1 fully saturated rings. The van der Waals surface area contributed by atoms with E-state index in [0.717, 1.165) is 37.3 Å². The van der Waals surface area contributed by atoms with Crippen molar-refractivity contribution in [3.8, 4) is 11.5 Å². The molecule has 1 N–H and O–H groups in total. The van der Waals surface area contributed by atoms with Gasteiger partial charge in [-0.2, -0.15) is 0 Å². The molecule has 1 spiro atoms. The SMILES string of the molecule is COc1ccc2c3c1O[C@H]1[C@@H](O)C=C[C@]4(CC2)N(C)CC[C@]314. The van der Waals surface area contributed by atoms with E-state index in [1.807, 2.05) is 12.1 Å². The molecule has 2 heterocycles. The number of hydrogen-bond donors (Lipinski definition) is 1. The molecular weight excluding hydrogens is 278 g/mol. The Morgan fingerprint density at radius 2 is 2.23 bits per heavy atom. The number of benzene rings is 1. The number of methoxy groups -OCH3 is 1. The van der Waals surface area contributed by atoms with E-state index >= 15 is 0 Å². The highest BCUT2D eigenvalue weighted by Gasteiger charge is 2.70. The number of aliphatic hydroxyl groups excluding tert-OH is 1. The summed E-state index contributed by atoms with van der Waals surface area (Å²) < 4.78 is 11.9. The van der Waals surface area contributed by atoms with Crippen molar-refractivity contribution in [2.75, 3.05) is 20.7 Å². The van der Waals surface area contributed by atoms with Crippen LogP contribution in [0.15, 0.2) is 24.3 Å². The van der Waals surface area contributed by atoms with Gasteiger partial charge in [0.2, 0.25) is 0 Å². The van der Waals surface area contributed by atoms with Crippen molar-refractivity contribution in [1.29, 1.82) is 0 Å². The van der Waals surface area contributed by atoms with Gasteiger partial charge in [-0.25, -0.2) is 0 Å². The number of likely N-dealkylation sites (tertiary alicyclic amines) is 1. The van der Waals surface area contributed by atoms with Gasteiger partial charge in [-0.05, 0) is 44.5 Å². The van der Waals surface area contributed by atoms with E-state index in [2.05, 4.69) is 24.1 Å². The lowest BCUT2D eigenvalue weighted by atomic mass is 9.54. The normalized spacial score (nSPS) is 41.0. The fraction of sp³-hybridized carbons (Fsp3) is 0.556. The molecule has 116 valence electrons. The number of rotatable bonds is 1. The summed E-state index contributed by atoms with van der Waals surface area (Å²) in [6, 6.07) is 4.19. The van der Waals surface area contributed by atoms with Crippen molar-refractivity contribution in [1.82, 2.24) is 4.90 Å². The number of nitrogens with zero attached hydrogens (tertiary/aromatic N) is 1. The minimum Gasteiger partial charge on any atom is -0.493 e. The summed E-state index contributed by atoms with van der Waals surface area (Å²) in [6.07, 6.45) is 6.61. The van der Waals surface area contributed by atoms with Crippen LogP contribution in [0.25, 0.3) is 0 Å². The van der Waals surface area contributed by atoms with Gasteiger partial charge >= 0.3 is 0 Å². The maximum Gasteiger partial charge on any atom is 0.166 e. The highest BCUT2D eigenvalue weighted by Crippen LogP contribution is 2.65. The predicted molar refractivity (Wildman–Crippen MR) is 82.5 cm³/mol. The average molecular weight is 299 g/mol. The maximum atomic E-state index is 10.6. The molecule has 1 aromatic carbocycles. The van der Waals surface area contributed by atoms with Crippen molar-refractivity contribution < 1.29 is 14.6 Å². The molecular formula is C18H21NO3. The molecule has 2 aliphatic carbocycles. The zero-order valence-corrected chi connectivity index (χ0v) is 13.0. The first kappa shape index (κ1) is 13.0. The van der Waals surface area contributed by atoms with Gasteiger partial charge in [0, 0.05) is 5.56 Å². The van der Waals surface area contributed by atoms with Crippen molar-refractivity contribution in [2.24, 2.45) is 0 Å². The first-order chi connectivity index (χ1) is 10.6. The topological polar surface area (TPSA) is 41.9 Å². The number of aryl methyl sites for hydroxylation is 1. The van der Waals surface area contributed by atoms with E-state index in [-0.39, 0.29) is 17.1 Å². The van der Waals surface area contributed by atoms with E-state index in [1.165, 1.54) is 11.1 Å². The Morgan fingerprint density at radius 1 is 1.36 bits per heavy atom. The standard InChI is InChI=1S/C18H21NO3/c1-19-10-9-18-14-11-3-4-13(21-2)15(14)22-16(18)12(20)6-8-17(18,19)7-5-11/h3-4,6,8,12,16,20H,5,7,9-10H2,1-2H3/t12-,16-,17-,18-/m0/s1. The van der Waals surface area contributed by atoms with Crippen LogP contribution >= 0.6 is 0 Å². The van der Waals surface area contributed by atoms with Crippen LogP contribution in [0.1, 0.15) is 24.0 Å². The minimum absolute atomic E-state index is 0.0263. The third-order valence-corrected chi connectivity index (χ3v) is 6.55. The van der Waals surface area contributed by atoms with Gasteiger partial charge in [0.25, 0.3) is 0 Å². The van der Waals surface area contributed by atoms with Crippen molar-refractivity contribution >= 4 is 0 Å².